The molecule has 6 nitrogen and oxygen atoms in total. The van der Waals surface area contributed by atoms with E-state index < -0.39 is 0 Å². The van der Waals surface area contributed by atoms with Crippen molar-refractivity contribution < 1.29 is 0 Å². The summed E-state index contributed by atoms with van der Waals surface area (Å²) in [7, 11) is 0. The number of rotatable bonds is 3. The molecule has 29 heavy (non-hydrogen) atoms. The second-order valence-corrected chi connectivity index (χ2v) is 7.48. The first-order valence-electron chi connectivity index (χ1n) is 9.61. The maximum absolute atomic E-state index is 13.0. The average molecular weight is 383 g/mol. The first-order chi connectivity index (χ1) is 14.0. The minimum Gasteiger partial charge on any atom is -0.307 e. The fourth-order valence-corrected chi connectivity index (χ4v) is 3.91. The number of aromatic nitrogens is 5. The van der Waals surface area contributed by atoms with Gasteiger partial charge in [-0.3, -0.25) is 9.36 Å². The van der Waals surface area contributed by atoms with Crippen LogP contribution in [0, 0.1) is 20.8 Å². The van der Waals surface area contributed by atoms with Crippen molar-refractivity contribution in [2.75, 3.05) is 0 Å². The van der Waals surface area contributed by atoms with Gasteiger partial charge in [0.1, 0.15) is 11.3 Å². The van der Waals surface area contributed by atoms with Crippen LogP contribution >= 0.6 is 0 Å². The van der Waals surface area contributed by atoms with Gasteiger partial charge in [-0.15, -0.1) is 0 Å². The fourth-order valence-electron chi connectivity index (χ4n) is 3.91. The molecule has 0 amide bonds. The highest BCUT2D eigenvalue weighted by molar-refractivity contribution is 5.83. The normalized spacial score (nSPS) is 11.6. The van der Waals surface area contributed by atoms with Crippen molar-refractivity contribution in [3.63, 3.8) is 0 Å². The largest absolute Gasteiger partial charge is 0.307 e. The van der Waals surface area contributed by atoms with Crippen LogP contribution in [0.3, 0.4) is 0 Å². The summed E-state index contributed by atoms with van der Waals surface area (Å²) < 4.78 is 5.60. The van der Waals surface area contributed by atoms with Gasteiger partial charge in [0.2, 0.25) is 0 Å². The molecule has 5 rings (SSSR count). The summed E-state index contributed by atoms with van der Waals surface area (Å²) in [5, 5.41) is 5.78. The fraction of sp³-hybridized carbons (Fsp3) is 0.174. The van der Waals surface area contributed by atoms with Crippen molar-refractivity contribution in [1.29, 1.82) is 0 Å². The maximum atomic E-state index is 13.0. The van der Waals surface area contributed by atoms with Gasteiger partial charge in [0.25, 0.3) is 5.56 Å². The van der Waals surface area contributed by atoms with E-state index in [1.807, 2.05) is 65.7 Å². The van der Waals surface area contributed by atoms with Gasteiger partial charge in [0, 0.05) is 23.8 Å². The molecule has 6 heteroatoms. The van der Waals surface area contributed by atoms with Crippen LogP contribution in [0.25, 0.3) is 22.4 Å². The minimum absolute atomic E-state index is 0.0553. The smallest absolute Gasteiger partial charge is 0.252 e. The molecule has 0 aliphatic rings. The van der Waals surface area contributed by atoms with Gasteiger partial charge < -0.3 is 4.40 Å². The molecule has 0 saturated heterocycles. The van der Waals surface area contributed by atoms with Gasteiger partial charge in [-0.25, -0.2) is 9.67 Å². The molecule has 0 spiro atoms. The first kappa shape index (κ1) is 17.4. The van der Waals surface area contributed by atoms with Crippen LogP contribution in [0.4, 0.5) is 0 Å². The lowest BCUT2D eigenvalue weighted by Crippen LogP contribution is -2.22. The molecule has 0 fully saturated rings. The Hall–Kier alpha value is -3.67. The van der Waals surface area contributed by atoms with E-state index in [-0.39, 0.29) is 5.56 Å². The van der Waals surface area contributed by atoms with E-state index in [1.54, 1.807) is 10.6 Å². The standard InChI is InChI=1S/C23H21N5O/c1-15-7-9-19(10-8-15)28-23-22(17(3)25-28)16(2)12-21(29)27(23)14-18-13-26-11-5-4-6-20(26)24-18/h4-13H,14H2,1-3H3. The van der Waals surface area contributed by atoms with Crippen LogP contribution in [0.15, 0.2) is 65.7 Å². The number of hydrogen-bond acceptors (Lipinski definition) is 3. The van der Waals surface area contributed by atoms with Crippen LogP contribution < -0.4 is 5.56 Å². The molecule has 0 aliphatic heterocycles. The van der Waals surface area contributed by atoms with Gasteiger partial charge in [-0.1, -0.05) is 23.8 Å². The maximum Gasteiger partial charge on any atom is 0.252 e. The lowest BCUT2D eigenvalue weighted by molar-refractivity contribution is 0.738. The second-order valence-electron chi connectivity index (χ2n) is 7.48. The van der Waals surface area contributed by atoms with Crippen molar-refractivity contribution in [1.82, 2.24) is 23.7 Å². The third-order valence-corrected chi connectivity index (χ3v) is 5.30. The average Bonchev–Trinajstić information content (AvgIpc) is 3.26. The Morgan fingerprint density at radius 1 is 1.00 bits per heavy atom. The van der Waals surface area contributed by atoms with Crippen molar-refractivity contribution >= 4 is 16.7 Å². The van der Waals surface area contributed by atoms with Gasteiger partial charge >= 0.3 is 0 Å². The minimum atomic E-state index is -0.0553. The summed E-state index contributed by atoms with van der Waals surface area (Å²) in [6.45, 7) is 6.39. The topological polar surface area (TPSA) is 57.1 Å². The summed E-state index contributed by atoms with van der Waals surface area (Å²) in [5.74, 6) is 0. The number of nitrogens with zero attached hydrogens (tertiary/aromatic N) is 5. The van der Waals surface area contributed by atoms with E-state index in [0.29, 0.717) is 6.54 Å². The van der Waals surface area contributed by atoms with Crippen LogP contribution in [-0.2, 0) is 6.54 Å². The van der Waals surface area contributed by atoms with E-state index in [4.69, 9.17) is 5.10 Å². The van der Waals surface area contributed by atoms with Crippen LogP contribution in [0.1, 0.15) is 22.5 Å². The van der Waals surface area contributed by atoms with Gasteiger partial charge in [0.15, 0.2) is 0 Å². The van der Waals surface area contributed by atoms with E-state index in [9.17, 15) is 4.79 Å². The molecule has 0 atom stereocenters. The number of fused-ring (bicyclic) bond motifs is 2. The number of pyridine rings is 2. The zero-order valence-electron chi connectivity index (χ0n) is 16.6. The molecule has 0 radical (unpaired) electrons. The van der Waals surface area contributed by atoms with Crippen molar-refractivity contribution in [3.8, 4) is 5.69 Å². The Bertz CT molecular complexity index is 1390. The van der Waals surface area contributed by atoms with Crippen LogP contribution in [0.5, 0.6) is 0 Å². The third-order valence-electron chi connectivity index (χ3n) is 5.30. The van der Waals surface area contributed by atoms with Crippen molar-refractivity contribution in [2.45, 2.75) is 27.3 Å². The molecule has 0 aliphatic carbocycles. The summed E-state index contributed by atoms with van der Waals surface area (Å²) in [4.78, 5) is 17.7. The van der Waals surface area contributed by atoms with Crippen LogP contribution in [-0.4, -0.2) is 23.7 Å². The quantitative estimate of drug-likeness (QED) is 0.476. The zero-order valence-corrected chi connectivity index (χ0v) is 16.6. The first-order valence-corrected chi connectivity index (χ1v) is 9.61. The number of hydrogen-bond donors (Lipinski definition) is 0. The molecule has 4 heterocycles. The summed E-state index contributed by atoms with van der Waals surface area (Å²) in [6.07, 6.45) is 3.92. The number of imidazole rings is 1. The molecule has 4 aromatic heterocycles. The third kappa shape index (κ3) is 2.84. The molecular formula is C23H21N5O. The summed E-state index contributed by atoms with van der Waals surface area (Å²) >= 11 is 0. The Labute approximate surface area is 167 Å². The Balaban J connectivity index is 1.75. The Morgan fingerprint density at radius 3 is 2.55 bits per heavy atom. The molecule has 0 N–H and O–H groups in total. The van der Waals surface area contributed by atoms with Gasteiger partial charge in [-0.2, -0.15) is 5.10 Å². The van der Waals surface area contributed by atoms with Gasteiger partial charge in [0.05, 0.1) is 23.6 Å². The van der Waals surface area contributed by atoms with Gasteiger partial charge in [-0.05, 0) is 50.6 Å². The summed E-state index contributed by atoms with van der Waals surface area (Å²) in [6, 6.07) is 15.7. The second kappa shape index (κ2) is 6.44. The predicted octanol–water partition coefficient (Wildman–Crippen LogP) is 3.81. The highest BCUT2D eigenvalue weighted by Crippen LogP contribution is 2.24. The highest BCUT2D eigenvalue weighted by atomic mass is 16.1. The molecule has 1 aromatic carbocycles. The monoisotopic (exact) mass is 383 g/mol. The predicted molar refractivity (Wildman–Crippen MR) is 114 cm³/mol. The molecule has 0 unspecified atom stereocenters. The SMILES string of the molecule is Cc1ccc(-n2nc(C)c3c(C)cc(=O)n(Cc4cn5ccccc5n4)c32)cc1. The van der Waals surface area contributed by atoms with Crippen molar-refractivity contribution in [3.05, 3.63) is 93.8 Å². The van der Waals surface area contributed by atoms with Crippen LogP contribution in [0.2, 0.25) is 0 Å². The van der Waals surface area contributed by atoms with Crippen molar-refractivity contribution in [2.24, 2.45) is 0 Å². The zero-order chi connectivity index (χ0) is 20.1. The van der Waals surface area contributed by atoms with E-state index in [2.05, 4.69) is 24.0 Å². The Kier molecular flexibility index (Phi) is 3.87. The lowest BCUT2D eigenvalue weighted by atomic mass is 10.1. The molecular weight excluding hydrogens is 362 g/mol. The van der Waals surface area contributed by atoms with E-state index in [0.717, 1.165) is 39.3 Å². The molecule has 144 valence electrons. The van der Waals surface area contributed by atoms with E-state index >= 15 is 0 Å². The molecule has 0 bridgehead atoms. The lowest BCUT2D eigenvalue weighted by Gasteiger charge is -2.11. The molecule has 5 aromatic rings. The number of benzene rings is 1. The Morgan fingerprint density at radius 2 is 1.79 bits per heavy atom. The summed E-state index contributed by atoms with van der Waals surface area (Å²) in [5.41, 5.74) is 6.39. The highest BCUT2D eigenvalue weighted by Gasteiger charge is 2.18. The van der Waals surface area contributed by atoms with E-state index in [1.165, 1.54) is 5.56 Å². The number of aryl methyl sites for hydroxylation is 3. The molecule has 0 saturated carbocycles.